The normalized spacial score (nSPS) is 10.6. The van der Waals surface area contributed by atoms with Crippen molar-refractivity contribution in [2.75, 3.05) is 19.7 Å². The summed E-state index contributed by atoms with van der Waals surface area (Å²) in [6.07, 6.45) is 1.25. The second-order valence-corrected chi connectivity index (χ2v) is 4.19. The Kier molecular flexibility index (Phi) is 5.15. The highest BCUT2D eigenvalue weighted by Gasteiger charge is 2.16. The minimum atomic E-state index is 0.00902. The van der Waals surface area contributed by atoms with E-state index in [1.165, 1.54) is 0 Å². The van der Waals surface area contributed by atoms with Gasteiger partial charge in [0.05, 0.1) is 18.7 Å². The first-order chi connectivity index (χ1) is 8.10. The maximum absolute atomic E-state index is 12.1. The first-order valence-electron chi connectivity index (χ1n) is 5.99. The zero-order valence-electron chi connectivity index (χ0n) is 10.8. The van der Waals surface area contributed by atoms with Crippen molar-refractivity contribution >= 4 is 5.91 Å². The predicted molar refractivity (Wildman–Crippen MR) is 65.7 cm³/mol. The number of rotatable bonds is 6. The highest BCUT2D eigenvalue weighted by Crippen LogP contribution is 2.11. The molecule has 0 aliphatic rings. The second kappa shape index (κ2) is 6.39. The second-order valence-electron chi connectivity index (χ2n) is 4.19. The fourth-order valence-corrected chi connectivity index (χ4v) is 1.85. The van der Waals surface area contributed by atoms with Gasteiger partial charge in [-0.3, -0.25) is 9.89 Å². The molecule has 1 rings (SSSR count). The quantitative estimate of drug-likeness (QED) is 0.771. The lowest BCUT2D eigenvalue weighted by molar-refractivity contribution is -0.131. The number of aromatic nitrogens is 2. The van der Waals surface area contributed by atoms with Gasteiger partial charge in [-0.1, -0.05) is 6.92 Å². The van der Waals surface area contributed by atoms with Crippen LogP contribution in [0.25, 0.3) is 0 Å². The van der Waals surface area contributed by atoms with Crippen molar-refractivity contribution in [3.05, 3.63) is 17.0 Å². The summed E-state index contributed by atoms with van der Waals surface area (Å²) in [6, 6.07) is 0. The third kappa shape index (κ3) is 3.56. The largest absolute Gasteiger partial charge is 0.395 e. The molecule has 5 nitrogen and oxygen atoms in total. The van der Waals surface area contributed by atoms with Crippen LogP contribution in [0.3, 0.4) is 0 Å². The third-order valence-corrected chi connectivity index (χ3v) is 2.82. The van der Waals surface area contributed by atoms with Gasteiger partial charge in [0.1, 0.15) is 0 Å². The molecule has 1 aromatic heterocycles. The van der Waals surface area contributed by atoms with Crippen LogP contribution >= 0.6 is 0 Å². The van der Waals surface area contributed by atoms with Crippen molar-refractivity contribution in [2.45, 2.75) is 33.6 Å². The van der Waals surface area contributed by atoms with E-state index >= 15 is 0 Å². The molecule has 96 valence electrons. The first-order valence-corrected chi connectivity index (χ1v) is 5.99. The molecule has 0 aliphatic heterocycles. The highest BCUT2D eigenvalue weighted by molar-refractivity contribution is 5.79. The Morgan fingerprint density at radius 1 is 1.41 bits per heavy atom. The number of aromatic amines is 1. The summed E-state index contributed by atoms with van der Waals surface area (Å²) in [5.41, 5.74) is 2.78. The molecule has 0 spiro atoms. The van der Waals surface area contributed by atoms with E-state index in [4.69, 9.17) is 5.11 Å². The molecule has 0 radical (unpaired) electrons. The third-order valence-electron chi connectivity index (χ3n) is 2.82. The van der Waals surface area contributed by atoms with Crippen molar-refractivity contribution in [2.24, 2.45) is 0 Å². The van der Waals surface area contributed by atoms with Crippen LogP contribution in [0.2, 0.25) is 0 Å². The van der Waals surface area contributed by atoms with Gasteiger partial charge in [-0.25, -0.2) is 0 Å². The molecule has 0 saturated carbocycles. The molecular formula is C12H21N3O2. The van der Waals surface area contributed by atoms with Crippen molar-refractivity contribution in [1.82, 2.24) is 15.1 Å². The standard InChI is InChI=1S/C12H21N3O2/c1-4-5-15(6-7-16)12(17)8-11-9(2)13-14-10(11)3/h16H,4-8H2,1-3H3,(H,13,14). The Morgan fingerprint density at radius 2 is 2.12 bits per heavy atom. The van der Waals surface area contributed by atoms with Crippen LogP contribution in [0.5, 0.6) is 0 Å². The van der Waals surface area contributed by atoms with Gasteiger partial charge in [0, 0.05) is 24.3 Å². The maximum atomic E-state index is 12.1. The number of nitrogens with one attached hydrogen (secondary N) is 1. The van der Waals surface area contributed by atoms with E-state index in [9.17, 15) is 4.79 Å². The molecule has 5 heteroatoms. The number of hydrogen-bond acceptors (Lipinski definition) is 3. The number of amides is 1. The number of hydrogen-bond donors (Lipinski definition) is 2. The molecule has 0 atom stereocenters. The first kappa shape index (κ1) is 13.7. The molecule has 0 aromatic carbocycles. The maximum Gasteiger partial charge on any atom is 0.227 e. The lowest BCUT2D eigenvalue weighted by atomic mass is 10.1. The smallest absolute Gasteiger partial charge is 0.227 e. The van der Waals surface area contributed by atoms with Crippen LogP contribution in [-0.4, -0.2) is 45.8 Å². The lowest BCUT2D eigenvalue weighted by Gasteiger charge is -2.21. The van der Waals surface area contributed by atoms with Gasteiger partial charge >= 0.3 is 0 Å². The Labute approximate surface area is 102 Å². The fraction of sp³-hybridized carbons (Fsp3) is 0.667. The minimum absolute atomic E-state index is 0.00902. The fourth-order valence-electron chi connectivity index (χ4n) is 1.85. The molecule has 0 unspecified atom stereocenters. The van der Waals surface area contributed by atoms with Crippen molar-refractivity contribution in [1.29, 1.82) is 0 Å². The molecule has 2 N–H and O–H groups in total. The number of H-pyrrole nitrogens is 1. The summed E-state index contributed by atoms with van der Waals surface area (Å²) < 4.78 is 0. The molecule has 1 amide bonds. The average Bonchev–Trinajstić information content (AvgIpc) is 2.60. The summed E-state index contributed by atoms with van der Waals surface area (Å²) in [6.45, 7) is 6.93. The molecule has 0 aliphatic carbocycles. The summed E-state index contributed by atoms with van der Waals surface area (Å²) in [5, 5.41) is 15.9. The van der Waals surface area contributed by atoms with Crippen LogP contribution in [0.1, 0.15) is 30.3 Å². The SMILES string of the molecule is CCCN(CCO)C(=O)Cc1c(C)n[nH]c1C. The van der Waals surface area contributed by atoms with Crippen molar-refractivity contribution in [3.8, 4) is 0 Å². The summed E-state index contributed by atoms with van der Waals surface area (Å²) in [7, 11) is 0. The van der Waals surface area contributed by atoms with E-state index in [0.29, 0.717) is 19.5 Å². The van der Waals surface area contributed by atoms with Gasteiger partial charge in [-0.2, -0.15) is 5.10 Å². The van der Waals surface area contributed by atoms with Gasteiger partial charge in [0.25, 0.3) is 0 Å². The Hall–Kier alpha value is -1.36. The van der Waals surface area contributed by atoms with Gasteiger partial charge in [-0.05, 0) is 20.3 Å². The van der Waals surface area contributed by atoms with Crippen LogP contribution in [0.4, 0.5) is 0 Å². The molecule has 0 bridgehead atoms. The van der Waals surface area contributed by atoms with E-state index in [0.717, 1.165) is 23.4 Å². The van der Waals surface area contributed by atoms with E-state index in [2.05, 4.69) is 10.2 Å². The number of aryl methyl sites for hydroxylation is 2. The molecule has 0 saturated heterocycles. The Balaban J connectivity index is 2.69. The molecule has 1 aromatic rings. The predicted octanol–water partition coefficient (Wildman–Crippen LogP) is 0.800. The highest BCUT2D eigenvalue weighted by atomic mass is 16.3. The van der Waals surface area contributed by atoms with E-state index in [-0.39, 0.29) is 12.5 Å². The van der Waals surface area contributed by atoms with E-state index in [1.807, 2.05) is 20.8 Å². The monoisotopic (exact) mass is 239 g/mol. The number of carbonyl (C=O) groups is 1. The Bertz CT molecular complexity index is 348. The Morgan fingerprint density at radius 3 is 2.59 bits per heavy atom. The molecule has 17 heavy (non-hydrogen) atoms. The summed E-state index contributed by atoms with van der Waals surface area (Å²) >= 11 is 0. The van der Waals surface area contributed by atoms with E-state index in [1.54, 1.807) is 4.90 Å². The molecule has 1 heterocycles. The van der Waals surface area contributed by atoms with Crippen LogP contribution < -0.4 is 0 Å². The van der Waals surface area contributed by atoms with E-state index < -0.39 is 0 Å². The number of nitrogens with zero attached hydrogens (tertiary/aromatic N) is 2. The van der Waals surface area contributed by atoms with Gasteiger partial charge in [0.15, 0.2) is 0 Å². The van der Waals surface area contributed by atoms with Gasteiger partial charge in [0.2, 0.25) is 5.91 Å². The minimum Gasteiger partial charge on any atom is -0.395 e. The molecular weight excluding hydrogens is 218 g/mol. The average molecular weight is 239 g/mol. The summed E-state index contributed by atoms with van der Waals surface area (Å²) in [5.74, 6) is 0.0495. The van der Waals surface area contributed by atoms with Crippen molar-refractivity contribution in [3.63, 3.8) is 0 Å². The van der Waals surface area contributed by atoms with Crippen LogP contribution in [-0.2, 0) is 11.2 Å². The summed E-state index contributed by atoms with van der Waals surface area (Å²) in [4.78, 5) is 13.8. The van der Waals surface area contributed by atoms with Crippen LogP contribution in [0, 0.1) is 13.8 Å². The number of carbonyl (C=O) groups excluding carboxylic acids is 1. The van der Waals surface area contributed by atoms with Gasteiger partial charge < -0.3 is 10.0 Å². The topological polar surface area (TPSA) is 69.2 Å². The van der Waals surface area contributed by atoms with Crippen LogP contribution in [0.15, 0.2) is 0 Å². The van der Waals surface area contributed by atoms with Gasteiger partial charge in [-0.15, -0.1) is 0 Å². The van der Waals surface area contributed by atoms with Crippen molar-refractivity contribution < 1.29 is 9.90 Å². The molecule has 0 fully saturated rings. The zero-order valence-corrected chi connectivity index (χ0v) is 10.8. The number of aliphatic hydroxyl groups is 1. The zero-order chi connectivity index (χ0) is 12.8. The number of aliphatic hydroxyl groups excluding tert-OH is 1. The lowest BCUT2D eigenvalue weighted by Crippen LogP contribution is -2.35.